The molecule has 1 N–H and O–H groups in total. The van der Waals surface area contributed by atoms with Crippen molar-refractivity contribution >= 4 is 55.6 Å². The van der Waals surface area contributed by atoms with Crippen molar-refractivity contribution in [1.29, 1.82) is 0 Å². The van der Waals surface area contributed by atoms with Crippen LogP contribution in [-0.2, 0) is 13.2 Å². The Morgan fingerprint density at radius 1 is 0.793 bits per heavy atom. The molecule has 4 aromatic rings. The second-order valence-electron chi connectivity index (χ2n) is 6.66. The van der Waals surface area contributed by atoms with Crippen molar-refractivity contribution in [3.63, 3.8) is 0 Å². The van der Waals surface area contributed by atoms with Crippen LogP contribution in [0.15, 0.2) is 83.3 Å². The summed E-state index contributed by atoms with van der Waals surface area (Å²) in [6, 6.07) is 26.2. The first kappa shape index (κ1) is 20.1. The van der Waals surface area contributed by atoms with Gasteiger partial charge in [0.2, 0.25) is 0 Å². The summed E-state index contributed by atoms with van der Waals surface area (Å²) in [5.41, 5.74) is 3.11. The minimum atomic E-state index is 0.503. The summed E-state index contributed by atoms with van der Waals surface area (Å²) in [5.74, 6) is 0.841. The lowest BCUT2D eigenvalue weighted by Gasteiger charge is -2.15. The zero-order valence-electron chi connectivity index (χ0n) is 15.5. The molecule has 2 nitrogen and oxygen atoms in total. The molecule has 0 unspecified atom stereocenters. The second-order valence-corrected chi connectivity index (χ2v) is 8.39. The minimum Gasteiger partial charge on any atom is -0.489 e. The van der Waals surface area contributed by atoms with Gasteiger partial charge in [0.05, 0.1) is 10.0 Å². The molecule has 0 saturated heterocycles. The molecule has 0 aromatic heterocycles. The zero-order chi connectivity index (χ0) is 20.2. The van der Waals surface area contributed by atoms with Crippen LogP contribution in [0.25, 0.3) is 10.8 Å². The van der Waals surface area contributed by atoms with Crippen molar-refractivity contribution in [2.45, 2.75) is 13.2 Å². The average Bonchev–Trinajstić information content (AvgIpc) is 2.74. The standard InChI is InChI=1S/C24H18BrCl2NO/c25-19-8-11-24(18(12-19)14-28-20-9-10-22(26)23(27)13-20)29-15-17-6-3-5-16-4-1-2-7-21(16)17/h1-13,28H,14-15H2. The maximum Gasteiger partial charge on any atom is 0.124 e. The van der Waals surface area contributed by atoms with E-state index in [1.54, 1.807) is 6.07 Å². The van der Waals surface area contributed by atoms with E-state index in [2.05, 4.69) is 69.8 Å². The molecule has 0 saturated carbocycles. The fraction of sp³-hybridized carbons (Fsp3) is 0.0833. The molecule has 0 atom stereocenters. The third-order valence-corrected chi connectivity index (χ3v) is 5.92. The van der Waals surface area contributed by atoms with E-state index in [-0.39, 0.29) is 0 Å². The molecule has 0 bridgehead atoms. The normalized spacial score (nSPS) is 10.9. The van der Waals surface area contributed by atoms with Crippen LogP contribution in [0.5, 0.6) is 5.75 Å². The molecule has 146 valence electrons. The van der Waals surface area contributed by atoms with Crippen LogP contribution in [-0.4, -0.2) is 0 Å². The molecular weight excluding hydrogens is 469 g/mol. The molecule has 5 heteroatoms. The highest BCUT2D eigenvalue weighted by Gasteiger charge is 2.08. The van der Waals surface area contributed by atoms with Crippen molar-refractivity contribution < 1.29 is 4.74 Å². The van der Waals surface area contributed by atoms with E-state index in [1.165, 1.54) is 10.8 Å². The number of benzene rings is 4. The summed E-state index contributed by atoms with van der Waals surface area (Å²) in [6.45, 7) is 1.10. The Morgan fingerprint density at radius 2 is 1.62 bits per heavy atom. The first-order chi connectivity index (χ1) is 14.1. The summed E-state index contributed by atoms with van der Waals surface area (Å²) in [4.78, 5) is 0. The third-order valence-electron chi connectivity index (χ3n) is 4.69. The van der Waals surface area contributed by atoms with E-state index in [0.29, 0.717) is 23.2 Å². The molecule has 4 rings (SSSR count). The molecule has 0 heterocycles. The number of fused-ring (bicyclic) bond motifs is 1. The molecule has 0 spiro atoms. The molecule has 0 radical (unpaired) electrons. The number of anilines is 1. The van der Waals surface area contributed by atoms with Gasteiger partial charge in [-0.25, -0.2) is 0 Å². The monoisotopic (exact) mass is 485 g/mol. The van der Waals surface area contributed by atoms with Gasteiger partial charge in [0.25, 0.3) is 0 Å². The number of ether oxygens (including phenoxy) is 1. The van der Waals surface area contributed by atoms with Gasteiger partial charge < -0.3 is 10.1 Å². The minimum absolute atomic E-state index is 0.503. The van der Waals surface area contributed by atoms with Crippen LogP contribution in [0.4, 0.5) is 5.69 Å². The third kappa shape index (κ3) is 4.87. The molecule has 0 aliphatic carbocycles. The summed E-state index contributed by atoms with van der Waals surface area (Å²) in [6.07, 6.45) is 0. The fourth-order valence-corrected chi connectivity index (χ4v) is 3.91. The number of rotatable bonds is 6. The predicted octanol–water partition coefficient (Wildman–Crippen LogP) is 8.10. The van der Waals surface area contributed by atoms with Gasteiger partial charge in [-0.2, -0.15) is 0 Å². The van der Waals surface area contributed by atoms with E-state index in [9.17, 15) is 0 Å². The van der Waals surface area contributed by atoms with Crippen LogP contribution in [0.2, 0.25) is 10.0 Å². The molecule has 0 fully saturated rings. The summed E-state index contributed by atoms with van der Waals surface area (Å²) >= 11 is 15.7. The van der Waals surface area contributed by atoms with Gasteiger partial charge in [0.15, 0.2) is 0 Å². The Labute approximate surface area is 188 Å². The van der Waals surface area contributed by atoms with Gasteiger partial charge in [0.1, 0.15) is 12.4 Å². The maximum atomic E-state index is 6.21. The van der Waals surface area contributed by atoms with Gasteiger partial charge in [-0.3, -0.25) is 0 Å². The zero-order valence-corrected chi connectivity index (χ0v) is 18.6. The average molecular weight is 487 g/mol. The molecule has 29 heavy (non-hydrogen) atoms. The highest BCUT2D eigenvalue weighted by molar-refractivity contribution is 9.10. The van der Waals surface area contributed by atoms with Crippen LogP contribution in [0, 0.1) is 0 Å². The summed E-state index contributed by atoms with van der Waals surface area (Å²) < 4.78 is 7.21. The van der Waals surface area contributed by atoms with Crippen LogP contribution in [0.3, 0.4) is 0 Å². The van der Waals surface area contributed by atoms with Gasteiger partial charge >= 0.3 is 0 Å². The summed E-state index contributed by atoms with van der Waals surface area (Å²) in [5, 5.41) is 6.87. The van der Waals surface area contributed by atoms with Crippen LogP contribution in [0.1, 0.15) is 11.1 Å². The Bertz CT molecular complexity index is 1160. The van der Waals surface area contributed by atoms with E-state index in [0.717, 1.165) is 27.0 Å². The van der Waals surface area contributed by atoms with E-state index >= 15 is 0 Å². The van der Waals surface area contributed by atoms with Crippen molar-refractivity contribution in [3.05, 3.63) is 105 Å². The van der Waals surface area contributed by atoms with Crippen molar-refractivity contribution in [2.24, 2.45) is 0 Å². The Balaban J connectivity index is 1.52. The van der Waals surface area contributed by atoms with Gasteiger partial charge in [-0.1, -0.05) is 81.6 Å². The molecular formula is C24H18BrCl2NO. The lowest BCUT2D eigenvalue weighted by molar-refractivity contribution is 0.304. The SMILES string of the molecule is Clc1ccc(NCc2cc(Br)ccc2OCc2cccc3ccccc23)cc1Cl. The lowest BCUT2D eigenvalue weighted by Crippen LogP contribution is -2.04. The van der Waals surface area contributed by atoms with Gasteiger partial charge in [-0.15, -0.1) is 0 Å². The Hall–Kier alpha value is -2.20. The number of halogens is 3. The van der Waals surface area contributed by atoms with E-state index in [4.69, 9.17) is 27.9 Å². The maximum absolute atomic E-state index is 6.21. The fourth-order valence-electron chi connectivity index (χ4n) is 3.20. The summed E-state index contributed by atoms with van der Waals surface area (Å²) in [7, 11) is 0. The van der Waals surface area contributed by atoms with Crippen molar-refractivity contribution in [3.8, 4) is 5.75 Å². The topological polar surface area (TPSA) is 21.3 Å². The predicted molar refractivity (Wildman–Crippen MR) is 126 cm³/mol. The largest absolute Gasteiger partial charge is 0.489 e. The van der Waals surface area contributed by atoms with Gasteiger partial charge in [0, 0.05) is 22.3 Å². The quantitative estimate of drug-likeness (QED) is 0.297. The van der Waals surface area contributed by atoms with E-state index in [1.807, 2.05) is 24.3 Å². The molecule has 0 amide bonds. The first-order valence-corrected chi connectivity index (χ1v) is 10.7. The van der Waals surface area contributed by atoms with Crippen molar-refractivity contribution in [1.82, 2.24) is 0 Å². The highest BCUT2D eigenvalue weighted by atomic mass is 79.9. The lowest BCUT2D eigenvalue weighted by atomic mass is 10.1. The first-order valence-electron chi connectivity index (χ1n) is 9.17. The van der Waals surface area contributed by atoms with Crippen LogP contribution >= 0.6 is 39.1 Å². The van der Waals surface area contributed by atoms with Crippen LogP contribution < -0.4 is 10.1 Å². The van der Waals surface area contributed by atoms with E-state index < -0.39 is 0 Å². The number of nitrogens with one attached hydrogen (secondary N) is 1. The number of hydrogen-bond donors (Lipinski definition) is 1. The second kappa shape index (κ2) is 9.08. The molecule has 0 aliphatic rings. The highest BCUT2D eigenvalue weighted by Crippen LogP contribution is 2.28. The molecule has 0 aliphatic heterocycles. The van der Waals surface area contributed by atoms with Crippen molar-refractivity contribution in [2.75, 3.05) is 5.32 Å². The smallest absolute Gasteiger partial charge is 0.124 e. The molecule has 4 aromatic carbocycles. The Kier molecular flexibility index (Phi) is 6.29. The number of hydrogen-bond acceptors (Lipinski definition) is 2. The van der Waals surface area contributed by atoms with Gasteiger partial charge in [-0.05, 0) is 52.7 Å². The Morgan fingerprint density at radius 3 is 2.48 bits per heavy atom.